The highest BCUT2D eigenvalue weighted by Crippen LogP contribution is 2.47. The molecule has 5 atom stereocenters. The maximum absolute atomic E-state index is 12.7. The van der Waals surface area contributed by atoms with Gasteiger partial charge in [0.25, 0.3) is 0 Å². The molecular weight excluding hydrogens is 416 g/mol. The van der Waals surface area contributed by atoms with Crippen molar-refractivity contribution < 1.29 is 24.5 Å². The first-order valence-corrected chi connectivity index (χ1v) is 13.3. The minimum absolute atomic E-state index is 0.0694. The molecule has 0 aliphatic heterocycles. The van der Waals surface area contributed by atoms with Crippen molar-refractivity contribution in [2.45, 2.75) is 115 Å². The van der Waals surface area contributed by atoms with Crippen molar-refractivity contribution in [2.75, 3.05) is 0 Å². The van der Waals surface area contributed by atoms with Gasteiger partial charge in [0.2, 0.25) is 0 Å². The fraction of sp³-hybridized carbons (Fsp3) is 0.786. The minimum atomic E-state index is -0.611. The van der Waals surface area contributed by atoms with Crippen LogP contribution in [-0.4, -0.2) is 40.3 Å². The number of allylic oxidation sites excluding steroid dienone is 2. The molecule has 0 amide bonds. The first kappa shape index (κ1) is 24.5. The van der Waals surface area contributed by atoms with Crippen molar-refractivity contribution in [2.24, 2.45) is 23.7 Å². The molecule has 0 aromatic rings. The van der Waals surface area contributed by atoms with E-state index in [1.54, 1.807) is 0 Å². The van der Waals surface area contributed by atoms with E-state index in [2.05, 4.69) is 11.8 Å². The van der Waals surface area contributed by atoms with E-state index in [0.29, 0.717) is 32.1 Å². The molecule has 0 aromatic heterocycles. The van der Waals surface area contributed by atoms with Gasteiger partial charge in [-0.1, -0.05) is 43.6 Å². The van der Waals surface area contributed by atoms with E-state index in [1.165, 1.54) is 12.8 Å². The van der Waals surface area contributed by atoms with E-state index in [9.17, 15) is 19.8 Å². The Morgan fingerprint density at radius 2 is 1.73 bits per heavy atom. The van der Waals surface area contributed by atoms with Crippen LogP contribution in [0.1, 0.15) is 96.3 Å². The van der Waals surface area contributed by atoms with Crippen LogP contribution in [-0.2, 0) is 14.3 Å². The first-order valence-electron chi connectivity index (χ1n) is 13.3. The highest BCUT2D eigenvalue weighted by molar-refractivity contribution is 5.96. The Bertz CT molecular complexity index is 778. The SMILES string of the molecule is O=C(CCCC(=O)C1=CC2C[C@H](O)[C@@H](C#C[C@@H](O)C3CCCCC3)C2C1)OC1CCCCC1. The topological polar surface area (TPSA) is 83.8 Å². The Morgan fingerprint density at radius 3 is 2.45 bits per heavy atom. The molecule has 3 fully saturated rings. The van der Waals surface area contributed by atoms with Gasteiger partial charge in [0.1, 0.15) is 12.2 Å². The standard InChI is InChI=1S/C28H40O5/c29-25(12-7-13-28(32)33-22-10-5-2-6-11-22)21-16-20-18-27(31)23(24(20)17-21)14-15-26(30)19-8-3-1-4-9-19/h16,19-20,22-24,26-27,30-31H,1-13,17-18H2/t20?,23-,24?,26+,27-/m0/s1. The monoisotopic (exact) mass is 456 g/mol. The summed E-state index contributed by atoms with van der Waals surface area (Å²) in [5.74, 6) is 6.59. The summed E-state index contributed by atoms with van der Waals surface area (Å²) in [4.78, 5) is 24.8. The van der Waals surface area contributed by atoms with Crippen LogP contribution >= 0.6 is 0 Å². The molecule has 33 heavy (non-hydrogen) atoms. The van der Waals surface area contributed by atoms with Gasteiger partial charge in [0.05, 0.1) is 12.0 Å². The average molecular weight is 457 g/mol. The van der Waals surface area contributed by atoms with Gasteiger partial charge in [-0.15, -0.1) is 0 Å². The van der Waals surface area contributed by atoms with Crippen molar-refractivity contribution in [1.82, 2.24) is 0 Å². The predicted molar refractivity (Wildman–Crippen MR) is 126 cm³/mol. The van der Waals surface area contributed by atoms with Gasteiger partial charge in [-0.05, 0) is 81.1 Å². The van der Waals surface area contributed by atoms with Crippen LogP contribution < -0.4 is 0 Å². The molecule has 2 N–H and O–H groups in total. The van der Waals surface area contributed by atoms with Crippen LogP contribution in [0, 0.1) is 35.5 Å². The Kier molecular flexibility index (Phi) is 8.66. The Morgan fingerprint density at radius 1 is 1.03 bits per heavy atom. The molecule has 0 bridgehead atoms. The van der Waals surface area contributed by atoms with Crippen molar-refractivity contribution in [1.29, 1.82) is 0 Å². The lowest BCUT2D eigenvalue weighted by atomic mass is 9.84. The smallest absolute Gasteiger partial charge is 0.306 e. The van der Waals surface area contributed by atoms with Gasteiger partial charge in [0.15, 0.2) is 5.78 Å². The number of carbonyl (C=O) groups excluding carboxylic acids is 2. The number of ketones is 1. The molecule has 0 heterocycles. The average Bonchev–Trinajstić information content (AvgIpc) is 3.36. The van der Waals surface area contributed by atoms with Crippen LogP contribution in [0.3, 0.4) is 0 Å². The van der Waals surface area contributed by atoms with Crippen LogP contribution in [0.4, 0.5) is 0 Å². The van der Waals surface area contributed by atoms with Crippen molar-refractivity contribution in [3.05, 3.63) is 11.6 Å². The second-order valence-electron chi connectivity index (χ2n) is 10.7. The highest BCUT2D eigenvalue weighted by Gasteiger charge is 2.45. The first-order chi connectivity index (χ1) is 16.0. The van der Waals surface area contributed by atoms with Crippen molar-refractivity contribution in [3.8, 4) is 11.8 Å². The summed E-state index contributed by atoms with van der Waals surface area (Å²) in [7, 11) is 0. The number of hydrogen-bond acceptors (Lipinski definition) is 5. The second-order valence-corrected chi connectivity index (χ2v) is 10.7. The third-order valence-corrected chi connectivity index (χ3v) is 8.30. The molecule has 4 aliphatic rings. The van der Waals surface area contributed by atoms with Gasteiger partial charge >= 0.3 is 5.97 Å². The Balaban J connectivity index is 1.22. The summed E-state index contributed by atoms with van der Waals surface area (Å²) in [5, 5.41) is 21.0. The summed E-state index contributed by atoms with van der Waals surface area (Å²) < 4.78 is 5.55. The normalized spacial score (nSPS) is 31.3. The van der Waals surface area contributed by atoms with Crippen molar-refractivity contribution in [3.63, 3.8) is 0 Å². The molecule has 0 saturated heterocycles. The number of esters is 1. The van der Waals surface area contributed by atoms with Gasteiger partial charge < -0.3 is 14.9 Å². The number of rotatable bonds is 7. The van der Waals surface area contributed by atoms with E-state index >= 15 is 0 Å². The lowest BCUT2D eigenvalue weighted by Crippen LogP contribution is -2.23. The zero-order chi connectivity index (χ0) is 23.2. The van der Waals surface area contributed by atoms with Gasteiger partial charge in [-0.3, -0.25) is 9.59 Å². The van der Waals surface area contributed by atoms with Crippen molar-refractivity contribution >= 4 is 11.8 Å². The quantitative estimate of drug-likeness (QED) is 0.436. The molecule has 4 rings (SSSR count). The second kappa shape index (κ2) is 11.7. The van der Waals surface area contributed by atoms with E-state index in [1.807, 2.05) is 6.08 Å². The third kappa shape index (κ3) is 6.49. The molecular formula is C28H40O5. The third-order valence-electron chi connectivity index (χ3n) is 8.30. The Hall–Kier alpha value is -1.64. The fourth-order valence-electron chi connectivity index (χ4n) is 6.34. The Labute approximate surface area is 198 Å². The number of aliphatic hydroxyl groups is 2. The number of carbonyl (C=O) groups is 2. The summed E-state index contributed by atoms with van der Waals surface area (Å²) in [6.45, 7) is 0. The molecule has 0 spiro atoms. The largest absolute Gasteiger partial charge is 0.462 e. The molecule has 4 aliphatic carbocycles. The molecule has 5 nitrogen and oxygen atoms in total. The van der Waals surface area contributed by atoms with E-state index in [0.717, 1.165) is 56.9 Å². The summed E-state index contributed by atoms with van der Waals surface area (Å²) in [6.07, 6.45) is 14.5. The van der Waals surface area contributed by atoms with E-state index in [4.69, 9.17) is 4.74 Å². The number of hydrogen-bond donors (Lipinski definition) is 2. The maximum Gasteiger partial charge on any atom is 0.306 e. The maximum atomic E-state index is 12.7. The predicted octanol–water partition coefficient (Wildman–Crippen LogP) is 4.49. The molecule has 0 radical (unpaired) electrons. The highest BCUT2D eigenvalue weighted by atomic mass is 16.5. The number of ether oxygens (including phenoxy) is 1. The lowest BCUT2D eigenvalue weighted by molar-refractivity contribution is -0.150. The molecule has 182 valence electrons. The summed E-state index contributed by atoms with van der Waals surface area (Å²) >= 11 is 0. The minimum Gasteiger partial charge on any atom is -0.462 e. The van der Waals surface area contributed by atoms with E-state index in [-0.39, 0.29) is 41.5 Å². The fourth-order valence-corrected chi connectivity index (χ4v) is 6.34. The van der Waals surface area contributed by atoms with Gasteiger partial charge in [0, 0.05) is 12.8 Å². The van der Waals surface area contributed by atoms with Gasteiger partial charge in [-0.25, -0.2) is 0 Å². The van der Waals surface area contributed by atoms with Crippen LogP contribution in [0.25, 0.3) is 0 Å². The number of Topliss-reactive ketones (excluding diaryl/α,β-unsaturated/α-hetero) is 1. The molecule has 0 aromatic carbocycles. The summed E-state index contributed by atoms with van der Waals surface area (Å²) in [6, 6.07) is 0. The number of fused-ring (bicyclic) bond motifs is 1. The number of aliphatic hydroxyl groups excluding tert-OH is 2. The van der Waals surface area contributed by atoms with Crippen LogP contribution in [0.15, 0.2) is 11.6 Å². The lowest BCUT2D eigenvalue weighted by Gasteiger charge is -2.23. The molecule has 2 unspecified atom stereocenters. The van der Waals surface area contributed by atoms with Crippen LogP contribution in [0.2, 0.25) is 0 Å². The molecule has 5 heteroatoms. The van der Waals surface area contributed by atoms with Gasteiger partial charge in [-0.2, -0.15) is 0 Å². The zero-order valence-electron chi connectivity index (χ0n) is 19.8. The van der Waals surface area contributed by atoms with Crippen LogP contribution in [0.5, 0.6) is 0 Å². The summed E-state index contributed by atoms with van der Waals surface area (Å²) in [5.41, 5.74) is 0.831. The molecule has 3 saturated carbocycles. The zero-order valence-corrected chi connectivity index (χ0v) is 19.8. The van der Waals surface area contributed by atoms with E-state index < -0.39 is 12.2 Å².